The van der Waals surface area contributed by atoms with Crippen LogP contribution >= 0.6 is 0 Å². The molecule has 2 nitrogen and oxygen atoms in total. The zero-order valence-electron chi connectivity index (χ0n) is 14.2. The van der Waals surface area contributed by atoms with Gasteiger partial charge < -0.3 is 5.11 Å². The number of rotatable bonds is 1. The highest BCUT2D eigenvalue weighted by Crippen LogP contribution is 2.72. The topological polar surface area (TPSA) is 37.3 Å². The van der Waals surface area contributed by atoms with Crippen molar-refractivity contribution in [3.8, 4) is 0 Å². The number of carboxylic acids is 1. The van der Waals surface area contributed by atoms with Crippen molar-refractivity contribution in [1.82, 2.24) is 0 Å². The molecule has 4 rings (SSSR count). The van der Waals surface area contributed by atoms with E-state index >= 15 is 0 Å². The molecule has 0 heterocycles. The normalized spacial score (nSPS) is 53.7. The average molecular weight is 302 g/mol. The molecule has 6 atom stereocenters. The van der Waals surface area contributed by atoms with E-state index in [1.807, 2.05) is 6.92 Å². The van der Waals surface area contributed by atoms with Gasteiger partial charge in [0.2, 0.25) is 0 Å². The molecular formula is C20H30O2. The maximum absolute atomic E-state index is 12.0. The molecule has 0 amide bonds. The molecule has 22 heavy (non-hydrogen) atoms. The van der Waals surface area contributed by atoms with Gasteiger partial charge in [-0.3, -0.25) is 4.79 Å². The van der Waals surface area contributed by atoms with Crippen molar-refractivity contribution in [3.05, 3.63) is 12.2 Å². The molecule has 0 aromatic rings. The van der Waals surface area contributed by atoms with Gasteiger partial charge >= 0.3 is 5.97 Å². The quantitative estimate of drug-likeness (QED) is 0.689. The number of aliphatic carboxylic acids is 1. The molecule has 122 valence electrons. The Morgan fingerprint density at radius 2 is 1.91 bits per heavy atom. The van der Waals surface area contributed by atoms with Crippen molar-refractivity contribution >= 4 is 5.97 Å². The Balaban J connectivity index is 1.75. The van der Waals surface area contributed by atoms with Crippen LogP contribution in [0.4, 0.5) is 0 Å². The molecule has 0 unspecified atom stereocenters. The SMILES string of the molecule is C=C1C[C@]23CC[C@H]4[C@@](C)(CCC[C@@]4(C)C(=O)O)[C@H]2CC[C@H]1C3. The van der Waals surface area contributed by atoms with E-state index in [1.165, 1.54) is 44.1 Å². The van der Waals surface area contributed by atoms with Gasteiger partial charge in [-0.2, -0.15) is 0 Å². The number of carboxylic acid groups (broad SMARTS) is 1. The van der Waals surface area contributed by atoms with Crippen LogP contribution in [0.25, 0.3) is 0 Å². The van der Waals surface area contributed by atoms with Crippen LogP contribution in [0.1, 0.15) is 71.6 Å². The van der Waals surface area contributed by atoms with Gasteiger partial charge in [-0.25, -0.2) is 0 Å². The molecule has 0 aliphatic heterocycles. The Hall–Kier alpha value is -0.790. The van der Waals surface area contributed by atoms with Gasteiger partial charge in [-0.15, -0.1) is 0 Å². The molecule has 0 aromatic heterocycles. The number of hydrogen-bond donors (Lipinski definition) is 1. The van der Waals surface area contributed by atoms with E-state index in [2.05, 4.69) is 13.5 Å². The van der Waals surface area contributed by atoms with Crippen LogP contribution in [0.5, 0.6) is 0 Å². The highest BCUT2D eigenvalue weighted by molar-refractivity contribution is 5.75. The van der Waals surface area contributed by atoms with E-state index in [-0.39, 0.29) is 5.41 Å². The van der Waals surface area contributed by atoms with Gasteiger partial charge in [0, 0.05) is 0 Å². The molecule has 4 saturated carbocycles. The molecule has 0 saturated heterocycles. The fraction of sp³-hybridized carbons (Fsp3) is 0.850. The summed E-state index contributed by atoms with van der Waals surface area (Å²) in [5.41, 5.74) is 1.71. The van der Waals surface area contributed by atoms with Gasteiger partial charge in [0.1, 0.15) is 0 Å². The lowest BCUT2D eigenvalue weighted by molar-refractivity contribution is -0.181. The summed E-state index contributed by atoms with van der Waals surface area (Å²) in [6, 6.07) is 0. The molecule has 4 aliphatic rings. The van der Waals surface area contributed by atoms with Crippen molar-refractivity contribution in [2.24, 2.45) is 34.0 Å². The molecule has 1 N–H and O–H groups in total. The van der Waals surface area contributed by atoms with Crippen molar-refractivity contribution in [3.63, 3.8) is 0 Å². The lowest BCUT2D eigenvalue weighted by atomic mass is 9.41. The number of carbonyl (C=O) groups is 1. The fourth-order valence-corrected chi connectivity index (χ4v) is 7.61. The second-order valence-corrected chi connectivity index (χ2v) is 9.40. The Morgan fingerprint density at radius 1 is 1.14 bits per heavy atom. The monoisotopic (exact) mass is 302 g/mol. The highest BCUT2D eigenvalue weighted by atomic mass is 16.4. The first-order valence-corrected chi connectivity index (χ1v) is 9.23. The minimum absolute atomic E-state index is 0.235. The number of hydrogen-bond acceptors (Lipinski definition) is 1. The Kier molecular flexibility index (Phi) is 2.95. The van der Waals surface area contributed by atoms with E-state index < -0.39 is 11.4 Å². The third-order valence-electron chi connectivity index (χ3n) is 8.54. The third-order valence-corrected chi connectivity index (χ3v) is 8.54. The number of allylic oxidation sites excluding steroid dienone is 1. The van der Waals surface area contributed by atoms with Gasteiger partial charge in [0.05, 0.1) is 5.41 Å². The van der Waals surface area contributed by atoms with Gasteiger partial charge in [0.25, 0.3) is 0 Å². The van der Waals surface area contributed by atoms with Crippen LogP contribution in [0.3, 0.4) is 0 Å². The van der Waals surface area contributed by atoms with Gasteiger partial charge in [-0.05, 0) is 86.9 Å². The first-order chi connectivity index (χ1) is 10.3. The zero-order chi connectivity index (χ0) is 15.8. The first kappa shape index (κ1) is 14.8. The summed E-state index contributed by atoms with van der Waals surface area (Å²) < 4.78 is 0. The summed E-state index contributed by atoms with van der Waals surface area (Å²) in [4.78, 5) is 12.0. The summed E-state index contributed by atoms with van der Waals surface area (Å²) in [6.07, 6.45) is 10.8. The Bertz CT molecular complexity index is 538. The van der Waals surface area contributed by atoms with E-state index in [1.54, 1.807) is 0 Å². The van der Waals surface area contributed by atoms with Crippen molar-refractivity contribution in [2.45, 2.75) is 71.6 Å². The van der Waals surface area contributed by atoms with Crippen molar-refractivity contribution < 1.29 is 9.90 Å². The minimum atomic E-state index is -0.552. The van der Waals surface area contributed by atoms with Crippen LogP contribution in [0.15, 0.2) is 12.2 Å². The van der Waals surface area contributed by atoms with Gasteiger partial charge in [0.15, 0.2) is 0 Å². The fourth-order valence-electron chi connectivity index (χ4n) is 7.61. The van der Waals surface area contributed by atoms with Crippen molar-refractivity contribution in [2.75, 3.05) is 0 Å². The van der Waals surface area contributed by atoms with Crippen LogP contribution in [0.2, 0.25) is 0 Å². The summed E-state index contributed by atoms with van der Waals surface area (Å²) in [6.45, 7) is 8.86. The summed E-state index contributed by atoms with van der Waals surface area (Å²) in [5, 5.41) is 9.90. The molecule has 2 heteroatoms. The maximum Gasteiger partial charge on any atom is 0.309 e. The molecular weight excluding hydrogens is 272 g/mol. The lowest BCUT2D eigenvalue weighted by Crippen LogP contribution is -2.58. The summed E-state index contributed by atoms with van der Waals surface area (Å²) >= 11 is 0. The second kappa shape index (κ2) is 4.39. The predicted molar refractivity (Wildman–Crippen MR) is 87.4 cm³/mol. The average Bonchev–Trinajstić information content (AvgIpc) is 2.68. The standard InChI is InChI=1S/C20H30O2/c1-13-11-20-10-7-15-18(2,16(20)6-5-14(13)12-20)8-4-9-19(15,3)17(21)22/h14-16H,1,4-12H2,2-3H3,(H,21,22)/t14-,15-,16+,18+,19+,20-/m0/s1. The third kappa shape index (κ3) is 1.65. The van der Waals surface area contributed by atoms with Crippen LogP contribution in [-0.2, 0) is 4.79 Å². The van der Waals surface area contributed by atoms with Crippen LogP contribution in [0, 0.1) is 34.0 Å². The molecule has 4 aliphatic carbocycles. The van der Waals surface area contributed by atoms with E-state index in [0.29, 0.717) is 11.3 Å². The lowest BCUT2D eigenvalue weighted by Gasteiger charge is -2.63. The van der Waals surface area contributed by atoms with Gasteiger partial charge in [-0.1, -0.05) is 25.5 Å². The molecule has 1 spiro atoms. The molecule has 0 aromatic carbocycles. The summed E-state index contributed by atoms with van der Waals surface area (Å²) in [5.74, 6) is 1.32. The highest BCUT2D eigenvalue weighted by Gasteiger charge is 2.64. The first-order valence-electron chi connectivity index (χ1n) is 9.23. The van der Waals surface area contributed by atoms with E-state index in [9.17, 15) is 9.90 Å². The molecule has 0 radical (unpaired) electrons. The smallest absolute Gasteiger partial charge is 0.309 e. The predicted octanol–water partition coefficient (Wildman–Crippen LogP) is 5.04. The summed E-state index contributed by atoms with van der Waals surface area (Å²) in [7, 11) is 0. The van der Waals surface area contributed by atoms with E-state index in [0.717, 1.165) is 31.1 Å². The maximum atomic E-state index is 12.0. The Morgan fingerprint density at radius 3 is 2.64 bits per heavy atom. The second-order valence-electron chi connectivity index (χ2n) is 9.40. The van der Waals surface area contributed by atoms with Crippen LogP contribution in [-0.4, -0.2) is 11.1 Å². The van der Waals surface area contributed by atoms with E-state index in [4.69, 9.17) is 0 Å². The molecule has 4 fully saturated rings. The zero-order valence-corrected chi connectivity index (χ0v) is 14.2. The van der Waals surface area contributed by atoms with Crippen molar-refractivity contribution in [1.29, 1.82) is 0 Å². The largest absolute Gasteiger partial charge is 0.481 e. The molecule has 2 bridgehead atoms. The van der Waals surface area contributed by atoms with Crippen LogP contribution < -0.4 is 0 Å². The Labute approximate surface area is 134 Å². The number of fused-ring (bicyclic) bond motifs is 3. The minimum Gasteiger partial charge on any atom is -0.481 e.